The summed E-state index contributed by atoms with van der Waals surface area (Å²) in [7, 11) is 0. The van der Waals surface area contributed by atoms with Crippen molar-refractivity contribution in [3.05, 3.63) is 107 Å². The van der Waals surface area contributed by atoms with E-state index in [9.17, 15) is 9.59 Å². The molecule has 4 nitrogen and oxygen atoms in total. The van der Waals surface area contributed by atoms with E-state index < -0.39 is 0 Å². The van der Waals surface area contributed by atoms with Gasteiger partial charge in [0.05, 0.1) is 11.8 Å². The number of amides is 2. The topological polar surface area (TPSA) is 49.4 Å². The molecule has 1 saturated heterocycles. The molecule has 32 heavy (non-hydrogen) atoms. The molecular formula is C27H28N2O2S. The number of nitrogens with zero attached hydrogens (tertiary/aromatic N) is 1. The molecule has 0 unspecified atom stereocenters. The number of rotatable bonds is 8. The molecule has 0 spiro atoms. The molecule has 164 valence electrons. The molecule has 0 saturated carbocycles. The standard InChI is InChI=1S/C27H28N2O2S/c1-2-24(21-11-7-4-8-12-21)28-26(31)22-13-15-23(16-14-22)27-29(25(30)19-32-27)18-17-20-9-5-3-6-10-20/h3-16,24,27H,2,17-19H2,1H3,(H,28,31)/t24-,27+/m0/s1. The molecule has 1 aliphatic heterocycles. The van der Waals surface area contributed by atoms with Crippen molar-refractivity contribution < 1.29 is 9.59 Å². The fraction of sp³-hybridized carbons (Fsp3) is 0.259. The van der Waals surface area contributed by atoms with Gasteiger partial charge in [-0.1, -0.05) is 79.7 Å². The summed E-state index contributed by atoms with van der Waals surface area (Å²) < 4.78 is 0. The monoisotopic (exact) mass is 444 g/mol. The Balaban J connectivity index is 1.41. The predicted octanol–water partition coefficient (Wildman–Crippen LogP) is 5.38. The normalized spacial score (nSPS) is 16.7. The van der Waals surface area contributed by atoms with Crippen molar-refractivity contribution in [1.29, 1.82) is 0 Å². The maximum absolute atomic E-state index is 12.8. The van der Waals surface area contributed by atoms with E-state index in [-0.39, 0.29) is 23.2 Å². The zero-order valence-electron chi connectivity index (χ0n) is 18.2. The molecule has 5 heteroatoms. The third kappa shape index (κ3) is 5.22. The summed E-state index contributed by atoms with van der Waals surface area (Å²) in [5.74, 6) is 0.589. The number of hydrogen-bond donors (Lipinski definition) is 1. The Kier molecular flexibility index (Phi) is 7.28. The van der Waals surface area contributed by atoms with E-state index in [4.69, 9.17) is 0 Å². The van der Waals surface area contributed by atoms with Gasteiger partial charge in [0.2, 0.25) is 5.91 Å². The molecule has 1 N–H and O–H groups in total. The first-order valence-corrected chi connectivity index (χ1v) is 12.1. The number of nitrogens with one attached hydrogen (secondary N) is 1. The minimum atomic E-state index is -0.0802. The van der Waals surface area contributed by atoms with Crippen LogP contribution in [0.2, 0.25) is 0 Å². The van der Waals surface area contributed by atoms with E-state index in [1.807, 2.05) is 77.7 Å². The van der Waals surface area contributed by atoms with Gasteiger partial charge in [-0.3, -0.25) is 9.59 Å². The van der Waals surface area contributed by atoms with E-state index in [1.54, 1.807) is 11.8 Å². The van der Waals surface area contributed by atoms with Crippen molar-refractivity contribution in [2.24, 2.45) is 0 Å². The largest absolute Gasteiger partial charge is 0.345 e. The number of thioether (sulfide) groups is 1. The van der Waals surface area contributed by atoms with Crippen molar-refractivity contribution in [1.82, 2.24) is 10.2 Å². The van der Waals surface area contributed by atoms with Gasteiger partial charge < -0.3 is 10.2 Å². The van der Waals surface area contributed by atoms with Crippen LogP contribution >= 0.6 is 11.8 Å². The summed E-state index contributed by atoms with van der Waals surface area (Å²) >= 11 is 1.65. The second kappa shape index (κ2) is 10.5. The molecular weight excluding hydrogens is 416 g/mol. The first-order valence-electron chi connectivity index (χ1n) is 11.1. The highest BCUT2D eigenvalue weighted by molar-refractivity contribution is 8.00. The van der Waals surface area contributed by atoms with Gasteiger partial charge in [-0.25, -0.2) is 0 Å². The van der Waals surface area contributed by atoms with Gasteiger partial charge in [-0.2, -0.15) is 0 Å². The Morgan fingerprint density at radius 3 is 2.31 bits per heavy atom. The van der Waals surface area contributed by atoms with Gasteiger partial charge in [0.15, 0.2) is 0 Å². The van der Waals surface area contributed by atoms with Crippen LogP contribution in [0.5, 0.6) is 0 Å². The fourth-order valence-corrected chi connectivity index (χ4v) is 5.23. The molecule has 4 rings (SSSR count). The van der Waals surface area contributed by atoms with E-state index >= 15 is 0 Å². The van der Waals surface area contributed by atoms with Gasteiger partial charge in [-0.15, -0.1) is 11.8 Å². The second-order valence-corrected chi connectivity index (χ2v) is 9.02. The van der Waals surface area contributed by atoms with Crippen LogP contribution in [0, 0.1) is 0 Å². The van der Waals surface area contributed by atoms with Crippen LogP contribution < -0.4 is 5.32 Å². The maximum Gasteiger partial charge on any atom is 0.251 e. The average molecular weight is 445 g/mol. The third-order valence-corrected chi connectivity index (χ3v) is 7.08. The highest BCUT2D eigenvalue weighted by Gasteiger charge is 2.32. The average Bonchev–Trinajstić information content (AvgIpc) is 3.22. The van der Waals surface area contributed by atoms with Gasteiger partial charge in [0.25, 0.3) is 5.91 Å². The number of benzene rings is 3. The molecule has 0 radical (unpaired) electrons. The lowest BCUT2D eigenvalue weighted by molar-refractivity contribution is -0.128. The van der Waals surface area contributed by atoms with Crippen molar-refractivity contribution >= 4 is 23.6 Å². The van der Waals surface area contributed by atoms with Gasteiger partial charge in [-0.05, 0) is 41.7 Å². The lowest BCUT2D eigenvalue weighted by atomic mass is 10.0. The summed E-state index contributed by atoms with van der Waals surface area (Å²) in [5, 5.41) is 3.13. The van der Waals surface area contributed by atoms with Gasteiger partial charge in [0.1, 0.15) is 5.37 Å². The van der Waals surface area contributed by atoms with Crippen LogP contribution in [0.15, 0.2) is 84.9 Å². The zero-order valence-corrected chi connectivity index (χ0v) is 19.1. The fourth-order valence-electron chi connectivity index (χ4n) is 4.01. The number of hydrogen-bond acceptors (Lipinski definition) is 3. The Morgan fingerprint density at radius 2 is 1.66 bits per heavy atom. The zero-order chi connectivity index (χ0) is 22.3. The Labute approximate surface area is 194 Å². The molecule has 2 atom stereocenters. The third-order valence-electron chi connectivity index (χ3n) is 5.83. The lowest BCUT2D eigenvalue weighted by Gasteiger charge is -2.24. The van der Waals surface area contributed by atoms with Crippen LogP contribution in [-0.4, -0.2) is 29.0 Å². The van der Waals surface area contributed by atoms with Gasteiger partial charge in [0, 0.05) is 12.1 Å². The van der Waals surface area contributed by atoms with Crippen LogP contribution in [0.3, 0.4) is 0 Å². The van der Waals surface area contributed by atoms with E-state index in [2.05, 4.69) is 24.4 Å². The van der Waals surface area contributed by atoms with Crippen molar-refractivity contribution in [2.75, 3.05) is 12.3 Å². The first kappa shape index (κ1) is 22.2. The predicted molar refractivity (Wildman–Crippen MR) is 130 cm³/mol. The summed E-state index contributed by atoms with van der Waals surface area (Å²) in [4.78, 5) is 27.3. The molecule has 3 aromatic carbocycles. The highest BCUT2D eigenvalue weighted by atomic mass is 32.2. The molecule has 3 aromatic rings. The lowest BCUT2D eigenvalue weighted by Crippen LogP contribution is -2.30. The molecule has 1 aliphatic rings. The minimum absolute atomic E-state index is 0.00367. The SMILES string of the molecule is CC[C@H](NC(=O)c1ccc([C@H]2SCC(=O)N2CCc2ccccc2)cc1)c1ccccc1. The van der Waals surface area contributed by atoms with E-state index in [0.29, 0.717) is 17.9 Å². The van der Waals surface area contributed by atoms with Crippen molar-refractivity contribution in [2.45, 2.75) is 31.2 Å². The van der Waals surface area contributed by atoms with Crippen molar-refractivity contribution in [3.63, 3.8) is 0 Å². The Morgan fingerprint density at radius 1 is 1.00 bits per heavy atom. The van der Waals surface area contributed by atoms with Crippen LogP contribution in [0.25, 0.3) is 0 Å². The highest BCUT2D eigenvalue weighted by Crippen LogP contribution is 2.38. The second-order valence-electron chi connectivity index (χ2n) is 7.95. The minimum Gasteiger partial charge on any atom is -0.345 e. The van der Waals surface area contributed by atoms with Crippen LogP contribution in [0.1, 0.15) is 51.8 Å². The smallest absolute Gasteiger partial charge is 0.251 e. The van der Waals surface area contributed by atoms with Crippen molar-refractivity contribution in [3.8, 4) is 0 Å². The summed E-state index contributed by atoms with van der Waals surface area (Å²) in [6.07, 6.45) is 1.66. The first-order chi connectivity index (χ1) is 15.7. The Bertz CT molecular complexity index is 1040. The van der Waals surface area contributed by atoms with Gasteiger partial charge >= 0.3 is 0 Å². The molecule has 0 aliphatic carbocycles. The molecule has 1 fully saturated rings. The van der Waals surface area contributed by atoms with E-state index in [1.165, 1.54) is 5.56 Å². The number of carbonyl (C=O) groups is 2. The summed E-state index contributed by atoms with van der Waals surface area (Å²) in [6.45, 7) is 2.76. The summed E-state index contributed by atoms with van der Waals surface area (Å²) in [6, 6.07) is 27.9. The quantitative estimate of drug-likeness (QED) is 0.507. The molecule has 2 amide bonds. The summed E-state index contributed by atoms with van der Waals surface area (Å²) in [5.41, 5.74) is 4.02. The number of carbonyl (C=O) groups excluding carboxylic acids is 2. The van der Waals surface area contributed by atoms with E-state index in [0.717, 1.165) is 24.0 Å². The molecule has 0 bridgehead atoms. The molecule has 1 heterocycles. The molecule has 0 aromatic heterocycles. The van der Waals surface area contributed by atoms with Crippen LogP contribution in [0.4, 0.5) is 0 Å². The van der Waals surface area contributed by atoms with Crippen LogP contribution in [-0.2, 0) is 11.2 Å². The maximum atomic E-state index is 12.8. The Hall–Kier alpha value is -3.05.